The topological polar surface area (TPSA) is 104 Å². The zero-order valence-corrected chi connectivity index (χ0v) is 18.1. The SMILES string of the molecule is CCCCCCCCC(CC#N)C(C)(C)N.Cc1ccc(S(=O)(=O)O)cc1. The number of nitriles is 1. The van der Waals surface area contributed by atoms with Crippen LogP contribution in [0.4, 0.5) is 0 Å². The van der Waals surface area contributed by atoms with Gasteiger partial charge in [0, 0.05) is 12.0 Å². The molecule has 1 unspecified atom stereocenters. The lowest BCUT2D eigenvalue weighted by Crippen LogP contribution is -2.40. The average Bonchev–Trinajstić information content (AvgIpc) is 2.56. The van der Waals surface area contributed by atoms with E-state index in [4.69, 9.17) is 15.5 Å². The van der Waals surface area contributed by atoms with Crippen LogP contribution in [0.15, 0.2) is 29.2 Å². The third kappa shape index (κ3) is 12.6. The van der Waals surface area contributed by atoms with Gasteiger partial charge in [-0.25, -0.2) is 0 Å². The van der Waals surface area contributed by atoms with E-state index in [-0.39, 0.29) is 10.4 Å². The maximum atomic E-state index is 10.5. The maximum Gasteiger partial charge on any atom is 0.294 e. The average molecular weight is 397 g/mol. The van der Waals surface area contributed by atoms with Crippen LogP contribution in [0.1, 0.15) is 77.7 Å². The van der Waals surface area contributed by atoms with Gasteiger partial charge < -0.3 is 5.73 Å². The van der Waals surface area contributed by atoms with Crippen molar-refractivity contribution in [3.63, 3.8) is 0 Å². The minimum absolute atomic E-state index is 0.0666. The van der Waals surface area contributed by atoms with Crippen molar-refractivity contribution in [2.75, 3.05) is 0 Å². The number of benzene rings is 1. The van der Waals surface area contributed by atoms with Gasteiger partial charge in [-0.05, 0) is 45.2 Å². The monoisotopic (exact) mass is 396 g/mol. The quantitative estimate of drug-likeness (QED) is 0.415. The molecule has 0 saturated carbocycles. The fourth-order valence-electron chi connectivity index (χ4n) is 2.73. The smallest absolute Gasteiger partial charge is 0.294 e. The third-order valence-corrected chi connectivity index (χ3v) is 5.48. The van der Waals surface area contributed by atoms with Crippen LogP contribution in [0.5, 0.6) is 0 Å². The highest BCUT2D eigenvalue weighted by atomic mass is 32.2. The molecule has 0 fully saturated rings. The van der Waals surface area contributed by atoms with Crippen molar-refractivity contribution in [3.8, 4) is 6.07 Å². The first-order valence-corrected chi connectivity index (χ1v) is 11.2. The van der Waals surface area contributed by atoms with E-state index >= 15 is 0 Å². The molecule has 3 N–H and O–H groups in total. The van der Waals surface area contributed by atoms with E-state index in [9.17, 15) is 8.42 Å². The molecule has 0 aliphatic heterocycles. The zero-order valence-electron chi connectivity index (χ0n) is 17.2. The van der Waals surface area contributed by atoms with Gasteiger partial charge in [-0.3, -0.25) is 4.55 Å². The summed E-state index contributed by atoms with van der Waals surface area (Å²) in [4.78, 5) is -0.0666. The minimum atomic E-state index is -4.02. The second-order valence-electron chi connectivity index (χ2n) is 7.73. The summed E-state index contributed by atoms with van der Waals surface area (Å²) in [5, 5.41) is 8.77. The fourth-order valence-corrected chi connectivity index (χ4v) is 3.21. The molecule has 0 aliphatic carbocycles. The van der Waals surface area contributed by atoms with Gasteiger partial charge in [-0.15, -0.1) is 0 Å². The molecule has 27 heavy (non-hydrogen) atoms. The Labute approximate surface area is 165 Å². The Morgan fingerprint density at radius 2 is 1.63 bits per heavy atom. The second-order valence-corrected chi connectivity index (χ2v) is 9.15. The molecule has 0 radical (unpaired) electrons. The summed E-state index contributed by atoms with van der Waals surface area (Å²) in [6.45, 7) is 8.14. The van der Waals surface area contributed by atoms with Crippen molar-refractivity contribution >= 4 is 10.1 Å². The Morgan fingerprint density at radius 1 is 1.11 bits per heavy atom. The predicted molar refractivity (Wildman–Crippen MR) is 111 cm³/mol. The van der Waals surface area contributed by atoms with Gasteiger partial charge in [-0.2, -0.15) is 13.7 Å². The largest absolute Gasteiger partial charge is 0.325 e. The van der Waals surface area contributed by atoms with Crippen LogP contribution in [0.2, 0.25) is 0 Å². The standard InChI is InChI=1S/C14H28N2.C7H8O3S/c1-4-5-6-7-8-9-10-13(11-12-15)14(2,3)16;1-6-2-4-7(5-3-6)11(8,9)10/h13H,4-11,16H2,1-3H3;2-5H,1H3,(H,8,9,10). The van der Waals surface area contributed by atoms with E-state index in [0.29, 0.717) is 12.3 Å². The number of nitrogens with two attached hydrogens (primary N) is 1. The van der Waals surface area contributed by atoms with Gasteiger partial charge in [0.05, 0.1) is 11.0 Å². The molecular weight excluding hydrogens is 360 g/mol. The van der Waals surface area contributed by atoms with Crippen LogP contribution in [0, 0.1) is 24.2 Å². The van der Waals surface area contributed by atoms with Crippen molar-refractivity contribution in [2.45, 2.75) is 89.5 Å². The molecule has 0 amide bonds. The molecule has 154 valence electrons. The van der Waals surface area contributed by atoms with Crippen molar-refractivity contribution in [2.24, 2.45) is 11.7 Å². The number of nitrogens with zero attached hydrogens (tertiary/aromatic N) is 1. The Morgan fingerprint density at radius 3 is 2.07 bits per heavy atom. The Bertz CT molecular complexity index is 656. The first-order chi connectivity index (χ1) is 12.5. The summed E-state index contributed by atoms with van der Waals surface area (Å²) in [6.07, 6.45) is 9.54. The first-order valence-electron chi connectivity index (χ1n) is 9.72. The summed E-state index contributed by atoms with van der Waals surface area (Å²) in [7, 11) is -4.02. The molecule has 0 bridgehead atoms. The summed E-state index contributed by atoms with van der Waals surface area (Å²) >= 11 is 0. The highest BCUT2D eigenvalue weighted by Crippen LogP contribution is 2.24. The Hall–Kier alpha value is -1.42. The van der Waals surface area contributed by atoms with Crippen LogP contribution >= 0.6 is 0 Å². The van der Waals surface area contributed by atoms with E-state index in [2.05, 4.69) is 13.0 Å². The molecule has 1 atom stereocenters. The molecule has 0 aromatic heterocycles. The van der Waals surface area contributed by atoms with Crippen LogP contribution < -0.4 is 5.73 Å². The number of rotatable bonds is 10. The number of aryl methyl sites for hydroxylation is 1. The zero-order chi connectivity index (χ0) is 20.9. The number of unbranched alkanes of at least 4 members (excludes halogenated alkanes) is 5. The number of hydrogen-bond acceptors (Lipinski definition) is 4. The van der Waals surface area contributed by atoms with Crippen molar-refractivity contribution in [1.82, 2.24) is 0 Å². The van der Waals surface area contributed by atoms with E-state index < -0.39 is 10.1 Å². The second kappa shape index (κ2) is 12.9. The summed E-state index contributed by atoms with van der Waals surface area (Å²) in [5.74, 6) is 0.351. The van der Waals surface area contributed by atoms with Gasteiger partial charge in [-0.1, -0.05) is 63.1 Å². The van der Waals surface area contributed by atoms with Crippen LogP contribution in [0.25, 0.3) is 0 Å². The van der Waals surface area contributed by atoms with Crippen LogP contribution in [0.3, 0.4) is 0 Å². The normalized spacial score (nSPS) is 12.6. The van der Waals surface area contributed by atoms with Gasteiger partial charge in [0.25, 0.3) is 10.1 Å². The molecule has 5 nitrogen and oxygen atoms in total. The molecule has 0 saturated heterocycles. The number of hydrogen-bond donors (Lipinski definition) is 2. The fraction of sp³-hybridized carbons (Fsp3) is 0.667. The molecule has 0 heterocycles. The van der Waals surface area contributed by atoms with Gasteiger partial charge in [0.2, 0.25) is 0 Å². The third-order valence-electron chi connectivity index (χ3n) is 4.61. The minimum Gasteiger partial charge on any atom is -0.325 e. The maximum absolute atomic E-state index is 10.5. The molecule has 6 heteroatoms. The van der Waals surface area contributed by atoms with Gasteiger partial charge in [0.15, 0.2) is 0 Å². The predicted octanol–water partition coefficient (Wildman–Crippen LogP) is 5.25. The van der Waals surface area contributed by atoms with Crippen molar-refractivity contribution in [1.29, 1.82) is 5.26 Å². The highest BCUT2D eigenvalue weighted by molar-refractivity contribution is 7.85. The van der Waals surface area contributed by atoms with E-state index in [0.717, 1.165) is 12.0 Å². The molecule has 1 aromatic rings. The van der Waals surface area contributed by atoms with Crippen molar-refractivity contribution < 1.29 is 13.0 Å². The molecule has 1 rings (SSSR count). The first kappa shape index (κ1) is 25.6. The lowest BCUT2D eigenvalue weighted by molar-refractivity contribution is 0.296. The highest BCUT2D eigenvalue weighted by Gasteiger charge is 2.24. The summed E-state index contributed by atoms with van der Waals surface area (Å²) < 4.78 is 29.6. The molecule has 0 aliphatic rings. The van der Waals surface area contributed by atoms with E-state index in [1.54, 1.807) is 12.1 Å². The molecular formula is C21H36N2O3S. The molecule has 0 spiro atoms. The lowest BCUT2D eigenvalue weighted by atomic mass is 9.82. The summed E-state index contributed by atoms with van der Waals surface area (Å²) in [5.41, 5.74) is 6.82. The van der Waals surface area contributed by atoms with Crippen LogP contribution in [-0.4, -0.2) is 18.5 Å². The van der Waals surface area contributed by atoms with E-state index in [1.807, 2.05) is 20.8 Å². The summed E-state index contributed by atoms with van der Waals surface area (Å²) in [6, 6.07) is 8.24. The Balaban J connectivity index is 0.000000533. The lowest BCUT2D eigenvalue weighted by Gasteiger charge is -2.28. The van der Waals surface area contributed by atoms with Gasteiger partial charge in [0.1, 0.15) is 0 Å². The van der Waals surface area contributed by atoms with Gasteiger partial charge >= 0.3 is 0 Å². The Kier molecular flexibility index (Phi) is 12.2. The molecule has 1 aromatic carbocycles. The van der Waals surface area contributed by atoms with Crippen LogP contribution in [-0.2, 0) is 10.1 Å². The van der Waals surface area contributed by atoms with E-state index in [1.165, 1.54) is 50.7 Å². The van der Waals surface area contributed by atoms with Crippen molar-refractivity contribution in [3.05, 3.63) is 29.8 Å².